The Balaban J connectivity index is 0.00000210. The number of nitrogens with zero attached hydrogens (tertiary/aromatic N) is 3. The highest BCUT2D eigenvalue weighted by molar-refractivity contribution is 5.85. The summed E-state index contributed by atoms with van der Waals surface area (Å²) < 4.78 is 5.37. The molecule has 0 aromatic carbocycles. The van der Waals surface area contributed by atoms with Crippen LogP contribution in [0.3, 0.4) is 0 Å². The van der Waals surface area contributed by atoms with Crippen LogP contribution in [0.2, 0.25) is 0 Å². The molecule has 0 saturated carbocycles. The SMILES string of the molecule is CCN1CCN(C(=O)CC2CCN(C(=O)C(N)C3CCOCC3)CC2)CC1.Cl.Cl. The van der Waals surface area contributed by atoms with Gasteiger partial charge in [0, 0.05) is 58.9 Å². The lowest BCUT2D eigenvalue weighted by Crippen LogP contribution is -2.51. The quantitative estimate of drug-likeness (QED) is 0.681. The second-order valence-corrected chi connectivity index (χ2v) is 8.26. The second kappa shape index (κ2) is 13.0. The maximum atomic E-state index is 12.7. The van der Waals surface area contributed by atoms with Crippen LogP contribution in [0.25, 0.3) is 0 Å². The number of likely N-dealkylation sites (N-methyl/N-ethyl adjacent to an activating group) is 1. The maximum Gasteiger partial charge on any atom is 0.239 e. The minimum Gasteiger partial charge on any atom is -0.381 e. The Hall–Kier alpha value is -0.600. The van der Waals surface area contributed by atoms with Gasteiger partial charge in [-0.05, 0) is 44.1 Å². The van der Waals surface area contributed by atoms with Crippen LogP contribution >= 0.6 is 24.8 Å². The second-order valence-electron chi connectivity index (χ2n) is 8.26. The zero-order valence-electron chi connectivity index (χ0n) is 17.6. The molecule has 0 radical (unpaired) electrons. The van der Waals surface area contributed by atoms with Crippen molar-refractivity contribution in [2.45, 2.75) is 45.1 Å². The van der Waals surface area contributed by atoms with Gasteiger partial charge in [0.15, 0.2) is 0 Å². The Labute approximate surface area is 187 Å². The molecule has 0 bridgehead atoms. The summed E-state index contributed by atoms with van der Waals surface area (Å²) in [6.07, 6.45) is 4.20. The molecule has 2 amide bonds. The largest absolute Gasteiger partial charge is 0.381 e. The van der Waals surface area contributed by atoms with Gasteiger partial charge < -0.3 is 25.2 Å². The molecule has 3 saturated heterocycles. The Morgan fingerprint density at radius 3 is 2.07 bits per heavy atom. The van der Waals surface area contributed by atoms with Crippen LogP contribution in [0.1, 0.15) is 39.0 Å². The van der Waals surface area contributed by atoms with Crippen molar-refractivity contribution in [3.8, 4) is 0 Å². The van der Waals surface area contributed by atoms with Crippen LogP contribution in [-0.2, 0) is 14.3 Å². The summed E-state index contributed by atoms with van der Waals surface area (Å²) in [5.41, 5.74) is 6.25. The number of piperidine rings is 1. The summed E-state index contributed by atoms with van der Waals surface area (Å²) in [4.78, 5) is 31.6. The molecule has 0 aromatic rings. The summed E-state index contributed by atoms with van der Waals surface area (Å²) in [6, 6.07) is -0.401. The number of halogens is 2. The van der Waals surface area contributed by atoms with Crippen LogP contribution in [0, 0.1) is 11.8 Å². The third kappa shape index (κ3) is 7.24. The molecule has 0 spiro atoms. The lowest BCUT2D eigenvalue weighted by molar-refractivity contribution is -0.137. The number of amides is 2. The number of nitrogens with two attached hydrogens (primary N) is 1. The molecule has 3 heterocycles. The lowest BCUT2D eigenvalue weighted by Gasteiger charge is -2.37. The first-order chi connectivity index (χ1) is 13.1. The van der Waals surface area contributed by atoms with Gasteiger partial charge in [-0.1, -0.05) is 6.92 Å². The van der Waals surface area contributed by atoms with E-state index in [0.717, 1.165) is 71.5 Å². The third-order valence-electron chi connectivity index (χ3n) is 6.62. The Morgan fingerprint density at radius 2 is 1.52 bits per heavy atom. The molecule has 0 aliphatic carbocycles. The van der Waals surface area contributed by atoms with E-state index in [4.69, 9.17) is 10.5 Å². The van der Waals surface area contributed by atoms with Gasteiger partial charge in [-0.3, -0.25) is 9.59 Å². The van der Waals surface area contributed by atoms with Crippen molar-refractivity contribution in [2.75, 3.05) is 59.0 Å². The number of carbonyl (C=O) groups excluding carboxylic acids is 2. The van der Waals surface area contributed by atoms with E-state index in [-0.39, 0.29) is 42.5 Å². The van der Waals surface area contributed by atoms with Gasteiger partial charge in [-0.25, -0.2) is 0 Å². The van der Waals surface area contributed by atoms with E-state index >= 15 is 0 Å². The predicted octanol–water partition coefficient (Wildman–Crippen LogP) is 1.38. The van der Waals surface area contributed by atoms with Gasteiger partial charge in [0.1, 0.15) is 0 Å². The highest BCUT2D eigenvalue weighted by Gasteiger charge is 2.33. The molecule has 170 valence electrons. The highest BCUT2D eigenvalue weighted by Crippen LogP contribution is 2.24. The summed E-state index contributed by atoms with van der Waals surface area (Å²) in [7, 11) is 0. The van der Waals surface area contributed by atoms with E-state index in [2.05, 4.69) is 11.8 Å². The number of piperazine rings is 1. The van der Waals surface area contributed by atoms with Crippen LogP contribution in [0.4, 0.5) is 0 Å². The highest BCUT2D eigenvalue weighted by atomic mass is 35.5. The van der Waals surface area contributed by atoms with Crippen molar-refractivity contribution in [1.29, 1.82) is 0 Å². The zero-order valence-corrected chi connectivity index (χ0v) is 19.2. The Bertz CT molecular complexity index is 504. The fourth-order valence-electron chi connectivity index (χ4n) is 4.53. The van der Waals surface area contributed by atoms with Gasteiger partial charge in [-0.2, -0.15) is 0 Å². The van der Waals surface area contributed by atoms with E-state index in [1.807, 2.05) is 9.80 Å². The van der Waals surface area contributed by atoms with Gasteiger partial charge in [0.25, 0.3) is 0 Å². The zero-order chi connectivity index (χ0) is 19.2. The molecule has 3 fully saturated rings. The van der Waals surface area contributed by atoms with Gasteiger partial charge in [-0.15, -0.1) is 24.8 Å². The van der Waals surface area contributed by atoms with Gasteiger partial charge >= 0.3 is 0 Å². The number of hydrogen-bond acceptors (Lipinski definition) is 5. The summed E-state index contributed by atoms with van der Waals surface area (Å²) in [5.74, 6) is 1.01. The normalized spacial score (nSPS) is 23.1. The van der Waals surface area contributed by atoms with Crippen LogP contribution in [0.15, 0.2) is 0 Å². The van der Waals surface area contributed by atoms with Gasteiger partial charge in [0.05, 0.1) is 6.04 Å². The fraction of sp³-hybridized carbons (Fsp3) is 0.900. The van der Waals surface area contributed by atoms with Gasteiger partial charge in [0.2, 0.25) is 11.8 Å². The Morgan fingerprint density at radius 1 is 0.931 bits per heavy atom. The summed E-state index contributed by atoms with van der Waals surface area (Å²) >= 11 is 0. The van der Waals surface area contributed by atoms with E-state index < -0.39 is 6.04 Å². The van der Waals surface area contributed by atoms with Crippen molar-refractivity contribution >= 4 is 36.6 Å². The summed E-state index contributed by atoms with van der Waals surface area (Å²) in [5, 5.41) is 0. The number of hydrogen-bond donors (Lipinski definition) is 1. The molecule has 1 atom stereocenters. The maximum absolute atomic E-state index is 12.7. The molecule has 2 N–H and O–H groups in total. The monoisotopic (exact) mass is 452 g/mol. The first kappa shape index (κ1) is 26.4. The van der Waals surface area contributed by atoms with E-state index in [0.29, 0.717) is 25.6 Å². The first-order valence-corrected chi connectivity index (χ1v) is 10.7. The number of ether oxygens (including phenoxy) is 1. The minimum absolute atomic E-state index is 0. The Kier molecular flexibility index (Phi) is 11.8. The third-order valence-corrected chi connectivity index (χ3v) is 6.62. The molecule has 7 nitrogen and oxygen atoms in total. The number of rotatable bonds is 5. The van der Waals surface area contributed by atoms with Crippen molar-refractivity contribution in [3.05, 3.63) is 0 Å². The molecule has 1 unspecified atom stereocenters. The number of likely N-dealkylation sites (tertiary alicyclic amines) is 1. The molecule has 3 aliphatic rings. The average molecular weight is 453 g/mol. The lowest BCUT2D eigenvalue weighted by atomic mass is 9.89. The first-order valence-electron chi connectivity index (χ1n) is 10.7. The van der Waals surface area contributed by atoms with Crippen molar-refractivity contribution < 1.29 is 14.3 Å². The van der Waals surface area contributed by atoms with Crippen molar-refractivity contribution in [3.63, 3.8) is 0 Å². The van der Waals surface area contributed by atoms with Crippen molar-refractivity contribution in [1.82, 2.24) is 14.7 Å². The smallest absolute Gasteiger partial charge is 0.239 e. The van der Waals surface area contributed by atoms with E-state index in [9.17, 15) is 9.59 Å². The standard InChI is InChI=1S/C20H36N4O3.2ClH/c1-2-22-9-11-23(12-10-22)18(25)15-16-3-7-24(8-4-16)20(26)19(21)17-5-13-27-14-6-17;;/h16-17,19H,2-15,21H2,1H3;2*1H. The molecular weight excluding hydrogens is 415 g/mol. The molecule has 3 rings (SSSR count). The molecule has 9 heteroatoms. The fourth-order valence-corrected chi connectivity index (χ4v) is 4.53. The molecule has 29 heavy (non-hydrogen) atoms. The van der Waals surface area contributed by atoms with Crippen molar-refractivity contribution in [2.24, 2.45) is 17.6 Å². The van der Waals surface area contributed by atoms with Crippen LogP contribution in [-0.4, -0.2) is 91.6 Å². The topological polar surface area (TPSA) is 79.1 Å². The van der Waals surface area contributed by atoms with E-state index in [1.54, 1.807) is 0 Å². The minimum atomic E-state index is -0.401. The predicted molar refractivity (Wildman–Crippen MR) is 119 cm³/mol. The summed E-state index contributed by atoms with van der Waals surface area (Å²) in [6.45, 7) is 9.79. The molecular formula is C20H38Cl2N4O3. The van der Waals surface area contributed by atoms with Crippen LogP contribution < -0.4 is 5.73 Å². The van der Waals surface area contributed by atoms with Crippen LogP contribution in [0.5, 0.6) is 0 Å². The van der Waals surface area contributed by atoms with E-state index in [1.165, 1.54) is 0 Å². The molecule has 0 aromatic heterocycles. The average Bonchev–Trinajstić information content (AvgIpc) is 2.74. The molecule has 3 aliphatic heterocycles. The number of carbonyl (C=O) groups is 2.